The van der Waals surface area contributed by atoms with Gasteiger partial charge in [-0.2, -0.15) is 8.61 Å². The number of amides is 6. The van der Waals surface area contributed by atoms with Crippen molar-refractivity contribution in [1.29, 1.82) is 0 Å². The highest BCUT2D eigenvalue weighted by atomic mass is 32.2. The van der Waals surface area contributed by atoms with Gasteiger partial charge in [0.15, 0.2) is 35.6 Å². The number of rotatable bonds is 28. The maximum atomic E-state index is 13.9. The number of hydrogen-bond acceptors (Lipinski definition) is 29. The van der Waals surface area contributed by atoms with Crippen LogP contribution in [0.25, 0.3) is 0 Å². The van der Waals surface area contributed by atoms with Crippen molar-refractivity contribution in [2.45, 2.75) is 218 Å². The molecule has 4 aromatic carbocycles. The molecule has 0 spiro atoms. The average molecular weight is 1720 g/mol. The third kappa shape index (κ3) is 32.7. The van der Waals surface area contributed by atoms with Gasteiger partial charge in [-0.05, 0) is 180 Å². The summed E-state index contributed by atoms with van der Waals surface area (Å²) in [6, 6.07) is 20.3. The number of nitrogens with zero attached hydrogens (tertiary/aromatic N) is 4. The van der Waals surface area contributed by atoms with Gasteiger partial charge in [0.25, 0.3) is 0 Å². The smallest absolute Gasteiger partial charge is 0.453 e. The summed E-state index contributed by atoms with van der Waals surface area (Å²) in [6.45, 7) is 30.0. The van der Waals surface area contributed by atoms with Gasteiger partial charge in [0.1, 0.15) is 52.7 Å². The summed E-state index contributed by atoms with van der Waals surface area (Å²) in [5.74, 6) is 1.90. The third-order valence-corrected chi connectivity index (χ3v) is 21.2. The van der Waals surface area contributed by atoms with Crippen LogP contribution in [0.4, 0.5) is 28.8 Å². The lowest BCUT2D eigenvalue weighted by atomic mass is 10.0. The number of fused-ring (bicyclic) bond motifs is 4. The monoisotopic (exact) mass is 1720 g/mol. The zero-order valence-corrected chi connectivity index (χ0v) is 72.0. The van der Waals surface area contributed by atoms with Crippen LogP contribution in [0.3, 0.4) is 0 Å². The summed E-state index contributed by atoms with van der Waals surface area (Å²) < 4.78 is 138. The fraction of sp³-hybridized carbons (Fsp3) is 0.625. The van der Waals surface area contributed by atoms with Gasteiger partial charge in [-0.3, -0.25) is 0 Å². The molecule has 0 aliphatic carbocycles. The number of carbonyl (C=O) groups excluding carboxylic acids is 6. The number of carbonyl (C=O) groups is 6. The Kier molecular flexibility index (Phi) is 35.8. The molecule has 0 unspecified atom stereocenters. The number of alkyl carbamates (subject to hydrolysis) is 4. The number of azo groups is 1. The van der Waals surface area contributed by atoms with E-state index in [1.807, 2.05) is 27.7 Å². The van der Waals surface area contributed by atoms with Gasteiger partial charge in [0.2, 0.25) is 33.6 Å². The Bertz CT molecular complexity index is 4200. The van der Waals surface area contributed by atoms with Crippen molar-refractivity contribution < 1.29 is 137 Å². The molecule has 0 aromatic heterocycles. The van der Waals surface area contributed by atoms with E-state index >= 15 is 0 Å². The lowest BCUT2D eigenvalue weighted by Gasteiger charge is -2.31. The quantitative estimate of drug-likeness (QED) is 0.0149. The van der Waals surface area contributed by atoms with Gasteiger partial charge in [-0.15, -0.1) is 0 Å². The van der Waals surface area contributed by atoms with Crippen LogP contribution < -0.4 is 45.0 Å². The first-order chi connectivity index (χ1) is 55.7. The van der Waals surface area contributed by atoms with Gasteiger partial charge in [0.05, 0.1) is 85.5 Å². The molecule has 37 nitrogen and oxygen atoms in total. The van der Waals surface area contributed by atoms with Crippen molar-refractivity contribution in [2.75, 3.05) is 92.5 Å². The average Bonchev–Trinajstić information content (AvgIpc) is 1.73. The second-order valence-corrected chi connectivity index (χ2v) is 37.2. The van der Waals surface area contributed by atoms with Gasteiger partial charge < -0.3 is 113 Å². The Labute approximate surface area is 695 Å². The molecule has 39 heteroatoms. The Balaban J connectivity index is 0.000000254. The van der Waals surface area contributed by atoms with Crippen molar-refractivity contribution in [3.8, 4) is 34.5 Å². The molecular formula is C80H118N8O29S2. The van der Waals surface area contributed by atoms with Crippen LogP contribution in [-0.4, -0.2) is 246 Å². The molecule has 119 heavy (non-hydrogen) atoms. The van der Waals surface area contributed by atoms with Crippen LogP contribution in [0.5, 0.6) is 34.5 Å². The Hall–Kier alpha value is -9.16. The number of benzene rings is 4. The molecule has 6 heterocycles. The molecule has 0 saturated carbocycles. The van der Waals surface area contributed by atoms with E-state index < -0.39 is 128 Å². The zero-order valence-electron chi connectivity index (χ0n) is 70.3. The molecule has 664 valence electrons. The lowest BCUT2D eigenvalue weighted by Crippen LogP contribution is -2.51. The SMILES string of the molecule is CC(C)(C)OC(=O)N=NC(=O)OC(C)(C)C.CC(C)(C)OC(=O)NCCO.CC(C)CN(C[C@@H](O)[C@H](Cc1ccc(O)cc1)NC(=O)O[C@H]1CO[C@H]2OCC[C@H]21)S(=O)(=O)c1ccc2c(c1)OCO2.CC(C)CN(C[C@@H](O)[C@H](Cc1ccc(OCCNC(=O)OC(C)(C)C)cc1)NC(=O)O[C@H]1CO[C@H]2OCC[C@H]21)S(=O)(=O)c1ccc2c(c1)OCO2. The van der Waals surface area contributed by atoms with Crippen molar-refractivity contribution in [2.24, 2.45) is 33.9 Å². The minimum absolute atomic E-state index is 0.00345. The number of aliphatic hydroxyl groups excluding tert-OH is 3. The molecule has 10 rings (SSSR count). The van der Waals surface area contributed by atoms with E-state index in [4.69, 9.17) is 76.2 Å². The van der Waals surface area contributed by atoms with Crippen molar-refractivity contribution >= 4 is 56.6 Å². The van der Waals surface area contributed by atoms with Crippen LogP contribution in [0.2, 0.25) is 0 Å². The number of phenolic OH excluding ortho intramolecular Hbond substituents is 1. The van der Waals surface area contributed by atoms with Crippen LogP contribution >= 0.6 is 0 Å². The van der Waals surface area contributed by atoms with Crippen LogP contribution in [0.15, 0.2) is 105 Å². The van der Waals surface area contributed by atoms with Gasteiger partial charge in [0, 0.05) is 44.9 Å². The molecule has 4 aromatic rings. The molecule has 4 saturated heterocycles. The molecule has 0 radical (unpaired) electrons. The molecule has 10 atom stereocenters. The summed E-state index contributed by atoms with van der Waals surface area (Å²) >= 11 is 0. The lowest BCUT2D eigenvalue weighted by molar-refractivity contribution is -0.0909. The number of nitrogens with one attached hydrogen (secondary N) is 4. The number of aromatic hydroxyl groups is 1. The summed E-state index contributed by atoms with van der Waals surface area (Å²) in [6.07, 6.45) is -7.11. The fourth-order valence-corrected chi connectivity index (χ4v) is 15.6. The molecule has 6 aliphatic rings. The van der Waals surface area contributed by atoms with E-state index in [-0.39, 0.29) is 131 Å². The summed E-state index contributed by atoms with van der Waals surface area (Å²) in [5.41, 5.74) is -0.950. The number of aliphatic hydroxyl groups is 3. The predicted octanol–water partition coefficient (Wildman–Crippen LogP) is 9.46. The van der Waals surface area contributed by atoms with Gasteiger partial charge in [-0.25, -0.2) is 45.6 Å². The zero-order chi connectivity index (χ0) is 87.8. The predicted molar refractivity (Wildman–Crippen MR) is 427 cm³/mol. The highest BCUT2D eigenvalue weighted by Gasteiger charge is 2.46. The number of sulfonamides is 2. The first-order valence-electron chi connectivity index (χ1n) is 39.2. The van der Waals surface area contributed by atoms with Crippen LogP contribution in [-0.2, 0) is 80.3 Å². The Morgan fingerprint density at radius 3 is 1.25 bits per heavy atom. The topological polar surface area (TPSA) is 469 Å². The standard InChI is InChI=1S/C35H49N3O12S.C28H36N2O10S.C10H18N2O4.C7H15NO3/c1-22(2)18-38(51(42,43)25-10-11-29-30(17-25)48-21-47-29)19-28(39)27(37-34(41)49-31-20-46-32-26(31)12-14-45-32)16-23-6-8-24(9-7-23)44-15-13-36-33(40)50-35(3,4)5;1-17(2)13-30(41(34,35)20-7-8-24-25(12-20)39-16-38-24)14-23(32)22(11-18-3-5-19(31)6-4-18)29-28(33)40-26-15-37-27-21(26)9-10-36-27;1-9(2,3)15-7(13)11-12-8(14)16-10(4,5)6;1-7(2,3)11-6(10)8-4-5-9/h6-11,17,22,26-28,31-32,39H,12-16,18-21H2,1-5H3,(H,36,40)(H,37,41);3-8,12,17,21-23,26-27,31-32H,9-11,13-16H2,1-2H3,(H,29,33);1-6H3;9H,4-5H2,1-3H3,(H,8,10)/t26-,27-,28+,31-,32+;21-,22-,23+,26-,27+;;/m00../s1. The summed E-state index contributed by atoms with van der Waals surface area (Å²) in [4.78, 5) is 71.0. The van der Waals surface area contributed by atoms with E-state index in [0.717, 1.165) is 11.1 Å². The van der Waals surface area contributed by atoms with Crippen molar-refractivity contribution in [1.82, 2.24) is 29.9 Å². The minimum atomic E-state index is -4.09. The highest BCUT2D eigenvalue weighted by Crippen LogP contribution is 2.38. The van der Waals surface area contributed by atoms with Crippen LogP contribution in [0, 0.1) is 23.7 Å². The Morgan fingerprint density at radius 2 is 0.874 bits per heavy atom. The molecule has 4 fully saturated rings. The fourth-order valence-electron chi connectivity index (χ4n) is 12.3. The highest BCUT2D eigenvalue weighted by molar-refractivity contribution is 7.89. The van der Waals surface area contributed by atoms with E-state index in [9.17, 15) is 60.9 Å². The molecule has 6 aliphatic heterocycles. The molecule has 8 N–H and O–H groups in total. The Morgan fingerprint density at radius 1 is 0.496 bits per heavy atom. The molecular weight excluding hydrogens is 1600 g/mol. The van der Waals surface area contributed by atoms with Crippen molar-refractivity contribution in [3.63, 3.8) is 0 Å². The molecule has 6 amide bonds. The maximum Gasteiger partial charge on any atom is 0.453 e. The molecule has 0 bridgehead atoms. The minimum Gasteiger partial charge on any atom is -0.508 e. The van der Waals surface area contributed by atoms with Crippen molar-refractivity contribution in [3.05, 3.63) is 96.1 Å². The first-order valence-corrected chi connectivity index (χ1v) is 42.1. The van der Waals surface area contributed by atoms with E-state index in [1.165, 1.54) is 57.1 Å². The number of phenols is 1. The third-order valence-electron chi connectivity index (χ3n) is 17.5. The first kappa shape index (κ1) is 97.0. The maximum absolute atomic E-state index is 13.9. The number of ether oxygens (including phenoxy) is 15. The second kappa shape index (κ2) is 43.9. The van der Waals surface area contributed by atoms with E-state index in [1.54, 1.807) is 119 Å². The second-order valence-electron chi connectivity index (χ2n) is 33.3. The van der Waals surface area contributed by atoms with Crippen LogP contribution in [0.1, 0.15) is 135 Å². The summed E-state index contributed by atoms with van der Waals surface area (Å²) in [7, 11) is -8.15. The summed E-state index contributed by atoms with van der Waals surface area (Å²) in [5, 5.41) is 57.8. The van der Waals surface area contributed by atoms with Gasteiger partial charge in [-0.1, -0.05) is 62.2 Å². The number of hydrogen-bond donors (Lipinski definition) is 8. The van der Waals surface area contributed by atoms with E-state index in [0.29, 0.717) is 54.8 Å². The normalized spacial score (nSPS) is 19.6. The largest absolute Gasteiger partial charge is 0.508 e. The van der Waals surface area contributed by atoms with Gasteiger partial charge >= 0.3 is 36.6 Å². The van der Waals surface area contributed by atoms with E-state index in [2.05, 4.69) is 31.5 Å².